The Morgan fingerprint density at radius 2 is 1.71 bits per heavy atom. The summed E-state index contributed by atoms with van der Waals surface area (Å²) in [5.41, 5.74) is 2.01. The average molecular weight is 234 g/mol. The van der Waals surface area contributed by atoms with E-state index >= 15 is 0 Å². The van der Waals surface area contributed by atoms with Crippen LogP contribution in [0.15, 0.2) is 21.5 Å². The monoisotopic (exact) mass is 234 g/mol. The third-order valence-corrected chi connectivity index (χ3v) is 2.88. The minimum Gasteiger partial charge on any atom is -0.496 e. The smallest absolute Gasteiger partial charge is 0.196 e. The van der Waals surface area contributed by atoms with Gasteiger partial charge in [-0.25, -0.2) is 0 Å². The van der Waals surface area contributed by atoms with Crippen LogP contribution in [-0.4, -0.2) is 14.2 Å². The van der Waals surface area contributed by atoms with Gasteiger partial charge in [-0.3, -0.25) is 4.79 Å². The Hall–Kier alpha value is -1.97. The van der Waals surface area contributed by atoms with Crippen LogP contribution in [0.25, 0.3) is 11.0 Å². The molecule has 0 atom stereocenters. The molecular formula is C13H14O4. The summed E-state index contributed by atoms with van der Waals surface area (Å²) in [4.78, 5) is 11.9. The maximum Gasteiger partial charge on any atom is 0.196 e. The summed E-state index contributed by atoms with van der Waals surface area (Å²) in [5.74, 6) is 1.19. The van der Waals surface area contributed by atoms with Crippen LogP contribution in [0.4, 0.5) is 0 Å². The molecule has 0 N–H and O–H groups in total. The Bertz CT molecular complexity index is 625. The van der Waals surface area contributed by atoms with Crippen molar-refractivity contribution in [2.24, 2.45) is 0 Å². The van der Waals surface area contributed by atoms with E-state index in [0.29, 0.717) is 22.5 Å². The summed E-state index contributed by atoms with van der Waals surface area (Å²) >= 11 is 0. The van der Waals surface area contributed by atoms with Crippen molar-refractivity contribution in [3.05, 3.63) is 33.7 Å². The lowest BCUT2D eigenvalue weighted by atomic mass is 10.0. The molecule has 0 saturated carbocycles. The number of rotatable bonds is 2. The molecule has 0 spiro atoms. The van der Waals surface area contributed by atoms with Gasteiger partial charge in [-0.05, 0) is 13.8 Å². The molecule has 2 rings (SSSR count). The number of ether oxygens (including phenoxy) is 2. The van der Waals surface area contributed by atoms with Crippen molar-refractivity contribution in [3.8, 4) is 11.5 Å². The SMILES string of the molecule is COc1c(C)c(OC)c2c(=O)ccoc2c1C. The second-order valence-corrected chi connectivity index (χ2v) is 3.81. The first-order valence-electron chi connectivity index (χ1n) is 5.24. The Morgan fingerprint density at radius 1 is 1.06 bits per heavy atom. The molecule has 1 aromatic heterocycles. The lowest BCUT2D eigenvalue weighted by molar-refractivity contribution is 0.388. The Kier molecular flexibility index (Phi) is 2.79. The van der Waals surface area contributed by atoms with Crippen LogP contribution >= 0.6 is 0 Å². The van der Waals surface area contributed by atoms with Gasteiger partial charge in [-0.2, -0.15) is 0 Å². The second kappa shape index (κ2) is 4.13. The molecular weight excluding hydrogens is 220 g/mol. The summed E-state index contributed by atoms with van der Waals surface area (Å²) in [5, 5.41) is 0.464. The van der Waals surface area contributed by atoms with Crippen LogP contribution < -0.4 is 14.9 Å². The third kappa shape index (κ3) is 1.56. The minimum absolute atomic E-state index is 0.114. The minimum atomic E-state index is -0.114. The van der Waals surface area contributed by atoms with E-state index in [-0.39, 0.29) is 5.43 Å². The molecule has 0 amide bonds. The molecule has 0 aliphatic carbocycles. The molecule has 4 heteroatoms. The quantitative estimate of drug-likeness (QED) is 0.800. The first kappa shape index (κ1) is 11.5. The van der Waals surface area contributed by atoms with Gasteiger partial charge in [0.2, 0.25) is 0 Å². The molecule has 17 heavy (non-hydrogen) atoms. The number of hydrogen-bond acceptors (Lipinski definition) is 4. The van der Waals surface area contributed by atoms with Crippen molar-refractivity contribution in [3.63, 3.8) is 0 Å². The predicted molar refractivity (Wildman–Crippen MR) is 65.1 cm³/mol. The van der Waals surface area contributed by atoms with Crippen molar-refractivity contribution in [1.29, 1.82) is 0 Å². The fraction of sp³-hybridized carbons (Fsp3) is 0.308. The first-order chi connectivity index (χ1) is 8.11. The van der Waals surface area contributed by atoms with Crippen molar-refractivity contribution in [1.82, 2.24) is 0 Å². The molecule has 2 aromatic rings. The fourth-order valence-corrected chi connectivity index (χ4v) is 2.15. The average Bonchev–Trinajstić information content (AvgIpc) is 2.31. The molecule has 1 heterocycles. The molecule has 0 aliphatic heterocycles. The van der Waals surface area contributed by atoms with Crippen LogP contribution in [0.1, 0.15) is 11.1 Å². The van der Waals surface area contributed by atoms with Gasteiger partial charge in [-0.15, -0.1) is 0 Å². The van der Waals surface area contributed by atoms with Gasteiger partial charge in [0.25, 0.3) is 0 Å². The first-order valence-corrected chi connectivity index (χ1v) is 5.24. The van der Waals surface area contributed by atoms with Crippen molar-refractivity contribution >= 4 is 11.0 Å². The van der Waals surface area contributed by atoms with Gasteiger partial charge in [0.15, 0.2) is 5.43 Å². The topological polar surface area (TPSA) is 48.7 Å². The van der Waals surface area contributed by atoms with E-state index in [0.717, 1.165) is 11.1 Å². The molecule has 90 valence electrons. The Labute approximate surface area is 98.8 Å². The summed E-state index contributed by atoms with van der Waals surface area (Å²) in [7, 11) is 3.12. The highest BCUT2D eigenvalue weighted by Gasteiger charge is 2.19. The zero-order valence-corrected chi connectivity index (χ0v) is 10.3. The van der Waals surface area contributed by atoms with Crippen LogP contribution in [0, 0.1) is 13.8 Å². The van der Waals surface area contributed by atoms with E-state index in [1.807, 2.05) is 13.8 Å². The van der Waals surface area contributed by atoms with Crippen LogP contribution in [-0.2, 0) is 0 Å². The highest BCUT2D eigenvalue weighted by molar-refractivity contribution is 5.90. The Balaban J connectivity index is 3.06. The Morgan fingerprint density at radius 3 is 2.29 bits per heavy atom. The second-order valence-electron chi connectivity index (χ2n) is 3.81. The van der Waals surface area contributed by atoms with E-state index in [1.54, 1.807) is 7.11 Å². The van der Waals surface area contributed by atoms with Crippen LogP contribution in [0.3, 0.4) is 0 Å². The van der Waals surface area contributed by atoms with Crippen molar-refractivity contribution in [2.45, 2.75) is 13.8 Å². The summed E-state index contributed by atoms with van der Waals surface area (Å²) < 4.78 is 16.0. The van der Waals surface area contributed by atoms with E-state index in [9.17, 15) is 4.79 Å². The van der Waals surface area contributed by atoms with E-state index in [4.69, 9.17) is 13.9 Å². The zero-order valence-electron chi connectivity index (χ0n) is 10.3. The molecule has 1 aromatic carbocycles. The standard InChI is InChI=1S/C13H14O4/c1-7-11(15-3)8(2)13-10(12(7)16-4)9(14)5-6-17-13/h5-6H,1-4H3. The normalized spacial score (nSPS) is 10.6. The number of fused-ring (bicyclic) bond motifs is 1. The van der Waals surface area contributed by atoms with Gasteiger partial charge < -0.3 is 13.9 Å². The highest BCUT2D eigenvalue weighted by Crippen LogP contribution is 2.38. The molecule has 0 saturated heterocycles. The maximum atomic E-state index is 11.9. The van der Waals surface area contributed by atoms with Crippen LogP contribution in [0.5, 0.6) is 11.5 Å². The fourth-order valence-electron chi connectivity index (χ4n) is 2.15. The van der Waals surface area contributed by atoms with E-state index < -0.39 is 0 Å². The molecule has 0 radical (unpaired) electrons. The van der Waals surface area contributed by atoms with Crippen molar-refractivity contribution < 1.29 is 13.9 Å². The molecule has 0 bridgehead atoms. The molecule has 4 nitrogen and oxygen atoms in total. The summed E-state index contributed by atoms with van der Waals surface area (Å²) in [6.45, 7) is 3.72. The van der Waals surface area contributed by atoms with E-state index in [1.165, 1.54) is 19.4 Å². The van der Waals surface area contributed by atoms with Crippen molar-refractivity contribution in [2.75, 3.05) is 14.2 Å². The lowest BCUT2D eigenvalue weighted by Gasteiger charge is -2.14. The number of methoxy groups -OCH3 is 2. The number of benzene rings is 1. The van der Waals surface area contributed by atoms with Crippen LogP contribution in [0.2, 0.25) is 0 Å². The molecule has 0 fully saturated rings. The van der Waals surface area contributed by atoms with Gasteiger partial charge in [0.1, 0.15) is 22.5 Å². The predicted octanol–water partition coefficient (Wildman–Crippen LogP) is 2.43. The number of hydrogen-bond donors (Lipinski definition) is 0. The zero-order chi connectivity index (χ0) is 12.6. The van der Waals surface area contributed by atoms with Gasteiger partial charge >= 0.3 is 0 Å². The summed E-state index contributed by atoms with van der Waals surface area (Å²) in [6.07, 6.45) is 1.38. The maximum absolute atomic E-state index is 11.9. The molecule has 0 unspecified atom stereocenters. The van der Waals surface area contributed by atoms with E-state index in [2.05, 4.69) is 0 Å². The third-order valence-electron chi connectivity index (χ3n) is 2.88. The molecule has 0 aliphatic rings. The van der Waals surface area contributed by atoms with Gasteiger partial charge in [0, 0.05) is 17.2 Å². The lowest BCUT2D eigenvalue weighted by Crippen LogP contribution is -2.05. The highest BCUT2D eigenvalue weighted by atomic mass is 16.5. The van der Waals surface area contributed by atoms with Gasteiger partial charge in [0.05, 0.1) is 20.5 Å². The van der Waals surface area contributed by atoms with Gasteiger partial charge in [-0.1, -0.05) is 0 Å². The number of aryl methyl sites for hydroxylation is 1. The largest absolute Gasteiger partial charge is 0.496 e. The summed E-state index contributed by atoms with van der Waals surface area (Å²) in [6, 6.07) is 1.39.